The smallest absolute Gasteiger partial charge is 0.393 e. The minimum atomic E-state index is -4.37. The maximum Gasteiger partial charge on any atom is 0.408 e. The van der Waals surface area contributed by atoms with E-state index in [1.54, 1.807) is 13.1 Å². The lowest BCUT2D eigenvalue weighted by Crippen LogP contribution is -2.48. The van der Waals surface area contributed by atoms with E-state index in [1.165, 1.54) is 5.56 Å². The Labute approximate surface area is 229 Å². The van der Waals surface area contributed by atoms with Crippen molar-refractivity contribution < 1.29 is 18.3 Å². The zero-order chi connectivity index (χ0) is 27.6. The van der Waals surface area contributed by atoms with E-state index in [2.05, 4.69) is 56.3 Å². The number of piperazine rings is 1. The minimum Gasteiger partial charge on any atom is -0.393 e. The van der Waals surface area contributed by atoms with Crippen molar-refractivity contribution in [2.24, 2.45) is 9.98 Å². The van der Waals surface area contributed by atoms with Gasteiger partial charge in [-0.15, -0.1) is 0 Å². The fourth-order valence-electron chi connectivity index (χ4n) is 6.15. The third-order valence-electron chi connectivity index (χ3n) is 8.57. The van der Waals surface area contributed by atoms with Crippen LogP contribution in [0.2, 0.25) is 0 Å². The fourth-order valence-corrected chi connectivity index (χ4v) is 6.15. The van der Waals surface area contributed by atoms with E-state index in [4.69, 9.17) is 4.99 Å². The number of benzene rings is 1. The number of nitrogens with zero attached hydrogens (tertiary/aromatic N) is 5. The number of nitrogens with one attached hydrogen (secondary N) is 1. The van der Waals surface area contributed by atoms with Crippen LogP contribution in [-0.2, 0) is 6.54 Å². The zero-order valence-electron chi connectivity index (χ0n) is 23.0. The van der Waals surface area contributed by atoms with Gasteiger partial charge in [0.1, 0.15) is 12.2 Å². The molecule has 1 aromatic rings. The highest BCUT2D eigenvalue weighted by atomic mass is 19.4. The maximum absolute atomic E-state index is 13.6. The summed E-state index contributed by atoms with van der Waals surface area (Å²) in [7, 11) is 2.16. The normalized spacial score (nSPS) is 27.9. The lowest BCUT2D eigenvalue weighted by molar-refractivity contribution is -0.153. The molecule has 1 aromatic carbocycles. The number of guanidine groups is 1. The summed E-state index contributed by atoms with van der Waals surface area (Å²) in [6.45, 7) is 7.64. The lowest BCUT2D eigenvalue weighted by atomic mass is 9.92. The third kappa shape index (κ3) is 6.73. The van der Waals surface area contributed by atoms with Gasteiger partial charge in [0, 0.05) is 57.1 Å². The van der Waals surface area contributed by atoms with Gasteiger partial charge in [0.15, 0.2) is 0 Å². The van der Waals surface area contributed by atoms with Crippen LogP contribution in [0, 0.1) is 0 Å². The molecule has 0 radical (unpaired) electrons. The molecule has 3 aliphatic heterocycles. The molecular formula is C29H41F3N6O. The number of alkyl halides is 3. The average Bonchev–Trinajstić information content (AvgIpc) is 3.29. The third-order valence-corrected chi connectivity index (χ3v) is 8.57. The molecule has 5 rings (SSSR count). The van der Waals surface area contributed by atoms with Crippen LogP contribution in [-0.4, -0.2) is 102 Å². The van der Waals surface area contributed by atoms with E-state index in [1.807, 2.05) is 0 Å². The molecule has 2 fully saturated rings. The summed E-state index contributed by atoms with van der Waals surface area (Å²) < 4.78 is 40.8. The molecule has 4 aliphatic rings. The molecule has 0 bridgehead atoms. The molecule has 10 heteroatoms. The predicted molar refractivity (Wildman–Crippen MR) is 149 cm³/mol. The summed E-state index contributed by atoms with van der Waals surface area (Å²) >= 11 is 0. The van der Waals surface area contributed by atoms with Crippen molar-refractivity contribution in [2.75, 3.05) is 39.8 Å². The van der Waals surface area contributed by atoms with Gasteiger partial charge in [0.25, 0.3) is 0 Å². The van der Waals surface area contributed by atoms with Crippen LogP contribution in [0.25, 0.3) is 5.57 Å². The summed E-state index contributed by atoms with van der Waals surface area (Å²) in [5, 5.41) is 12.6. The van der Waals surface area contributed by atoms with E-state index in [0.29, 0.717) is 13.0 Å². The Bertz CT molecular complexity index is 1070. The number of rotatable bonds is 7. The second kappa shape index (κ2) is 12.1. The molecular weight excluding hydrogens is 505 g/mol. The van der Waals surface area contributed by atoms with E-state index in [0.717, 1.165) is 75.1 Å². The van der Waals surface area contributed by atoms with Gasteiger partial charge >= 0.3 is 6.18 Å². The first-order valence-electron chi connectivity index (χ1n) is 14.3. The van der Waals surface area contributed by atoms with E-state index < -0.39 is 12.2 Å². The van der Waals surface area contributed by atoms with Crippen LogP contribution >= 0.6 is 0 Å². The molecule has 2 unspecified atom stereocenters. The molecule has 0 aromatic heterocycles. The van der Waals surface area contributed by atoms with Crippen LogP contribution in [0.15, 0.2) is 39.8 Å². The van der Waals surface area contributed by atoms with Crippen molar-refractivity contribution in [3.63, 3.8) is 0 Å². The number of hydrogen-bond donors (Lipinski definition) is 2. The minimum absolute atomic E-state index is 0.0264. The molecule has 0 amide bonds. The van der Waals surface area contributed by atoms with Gasteiger partial charge in [-0.25, -0.2) is 9.98 Å². The molecule has 3 heterocycles. The van der Waals surface area contributed by atoms with Crippen molar-refractivity contribution in [1.82, 2.24) is 20.0 Å². The summed E-state index contributed by atoms with van der Waals surface area (Å²) in [6.07, 6.45) is 0.233. The zero-order valence-corrected chi connectivity index (χ0v) is 23.0. The van der Waals surface area contributed by atoms with Crippen molar-refractivity contribution in [2.45, 2.75) is 82.5 Å². The quantitative estimate of drug-likeness (QED) is 0.543. The average molecular weight is 547 g/mol. The van der Waals surface area contributed by atoms with Gasteiger partial charge in [-0.2, -0.15) is 13.2 Å². The Morgan fingerprint density at radius 1 is 1.05 bits per heavy atom. The van der Waals surface area contributed by atoms with Crippen molar-refractivity contribution in [3.05, 3.63) is 41.0 Å². The number of hydrogen-bond acceptors (Lipinski definition) is 7. The number of likely N-dealkylation sites (N-methyl/N-ethyl adjacent to an activating group) is 1. The highest BCUT2D eigenvalue weighted by Crippen LogP contribution is 2.38. The van der Waals surface area contributed by atoms with Crippen molar-refractivity contribution >= 4 is 17.7 Å². The van der Waals surface area contributed by atoms with Crippen LogP contribution in [0.3, 0.4) is 0 Å². The van der Waals surface area contributed by atoms with Crippen molar-refractivity contribution in [1.29, 1.82) is 0 Å². The SMILES string of the molecule is CCCC(NC1=NC2C(=C(c3ccc(CN4CCN(C)CC4)cc3)CN2C2CCC(O)CC2)C=N1)C(F)(F)F. The molecule has 0 spiro atoms. The molecule has 1 aliphatic carbocycles. The monoisotopic (exact) mass is 546 g/mol. The van der Waals surface area contributed by atoms with Crippen LogP contribution in [0.1, 0.15) is 56.6 Å². The first-order valence-corrected chi connectivity index (χ1v) is 14.3. The first-order chi connectivity index (χ1) is 18.7. The molecule has 1 saturated carbocycles. The van der Waals surface area contributed by atoms with Gasteiger partial charge in [-0.3, -0.25) is 9.80 Å². The highest BCUT2D eigenvalue weighted by molar-refractivity contribution is 6.03. The van der Waals surface area contributed by atoms with Gasteiger partial charge in [0.05, 0.1) is 6.10 Å². The van der Waals surface area contributed by atoms with Gasteiger partial charge in [-0.05, 0) is 55.9 Å². The standard InChI is InChI=1S/C29H41F3N6O/c1-3-4-26(29(30,31)32)34-28-33-17-24-25(19-38(27(24)35-28)22-9-11-23(39)12-10-22)21-7-5-20(6-8-21)18-37-15-13-36(2)14-16-37/h5-8,17,22-23,26-27,39H,3-4,9-16,18-19H2,1-2H3,(H,34,35). The molecule has 214 valence electrons. The number of fused-ring (bicyclic) bond motifs is 1. The Morgan fingerprint density at radius 2 is 1.74 bits per heavy atom. The van der Waals surface area contributed by atoms with E-state index in [-0.39, 0.29) is 30.7 Å². The van der Waals surface area contributed by atoms with Gasteiger partial charge in [0.2, 0.25) is 5.96 Å². The second-order valence-electron chi connectivity index (χ2n) is 11.5. The Kier molecular flexibility index (Phi) is 8.75. The predicted octanol–water partition coefficient (Wildman–Crippen LogP) is 3.89. The highest BCUT2D eigenvalue weighted by Gasteiger charge is 2.42. The summed E-state index contributed by atoms with van der Waals surface area (Å²) in [4.78, 5) is 16.2. The summed E-state index contributed by atoms with van der Waals surface area (Å²) in [5.41, 5.74) is 4.47. The lowest BCUT2D eigenvalue weighted by Gasteiger charge is -2.36. The first kappa shape index (κ1) is 28.3. The summed E-state index contributed by atoms with van der Waals surface area (Å²) in [6, 6.07) is 7.23. The Hall–Kier alpha value is -2.27. The fraction of sp³-hybridized carbons (Fsp3) is 0.655. The van der Waals surface area contributed by atoms with Gasteiger partial charge in [-0.1, -0.05) is 37.6 Å². The molecule has 2 N–H and O–H groups in total. The number of aliphatic imine (C=N–C) groups is 2. The van der Waals surface area contributed by atoms with E-state index in [9.17, 15) is 18.3 Å². The number of aliphatic hydroxyl groups is 1. The van der Waals surface area contributed by atoms with Crippen molar-refractivity contribution in [3.8, 4) is 0 Å². The Morgan fingerprint density at radius 3 is 2.38 bits per heavy atom. The number of aliphatic hydroxyl groups excluding tert-OH is 1. The molecule has 39 heavy (non-hydrogen) atoms. The van der Waals surface area contributed by atoms with Crippen LogP contribution in [0.4, 0.5) is 13.2 Å². The molecule has 1 saturated heterocycles. The van der Waals surface area contributed by atoms with Crippen LogP contribution in [0.5, 0.6) is 0 Å². The van der Waals surface area contributed by atoms with Crippen LogP contribution < -0.4 is 5.32 Å². The summed E-state index contributed by atoms with van der Waals surface area (Å²) in [5.74, 6) is 0.0455. The van der Waals surface area contributed by atoms with Gasteiger partial charge < -0.3 is 15.3 Å². The number of halogens is 3. The topological polar surface area (TPSA) is 66.7 Å². The molecule has 7 nitrogen and oxygen atoms in total. The largest absolute Gasteiger partial charge is 0.408 e. The maximum atomic E-state index is 13.6. The Balaban J connectivity index is 1.36. The van der Waals surface area contributed by atoms with E-state index >= 15 is 0 Å². The second-order valence-corrected chi connectivity index (χ2v) is 11.5. The molecule has 2 atom stereocenters.